The number of likely N-dealkylation sites (N-methyl/N-ethyl adjacent to an activating group) is 1. The van der Waals surface area contributed by atoms with Gasteiger partial charge in [0.15, 0.2) is 6.61 Å². The number of carbonyl (C=O) groups is 2. The molecule has 0 unspecified atom stereocenters. The molecule has 29 heavy (non-hydrogen) atoms. The van der Waals surface area contributed by atoms with Gasteiger partial charge < -0.3 is 14.4 Å². The summed E-state index contributed by atoms with van der Waals surface area (Å²) in [5.74, 6) is -0.142. The van der Waals surface area contributed by atoms with Gasteiger partial charge in [0.2, 0.25) is 0 Å². The fourth-order valence-corrected chi connectivity index (χ4v) is 2.77. The van der Waals surface area contributed by atoms with Crippen molar-refractivity contribution in [1.82, 2.24) is 24.5 Å². The van der Waals surface area contributed by atoms with E-state index in [1.54, 1.807) is 7.05 Å². The Morgan fingerprint density at radius 2 is 1.86 bits per heavy atom. The molecule has 0 aliphatic carbocycles. The van der Waals surface area contributed by atoms with E-state index in [0.717, 1.165) is 22.7 Å². The van der Waals surface area contributed by atoms with Gasteiger partial charge in [-0.05, 0) is 44.5 Å². The van der Waals surface area contributed by atoms with Gasteiger partial charge in [-0.1, -0.05) is 12.1 Å². The Kier molecular flexibility index (Phi) is 6.06. The van der Waals surface area contributed by atoms with Crippen LogP contribution in [0.3, 0.4) is 0 Å². The standard InChI is InChI=1S/C20H23N5O4/c1-5-28-16-8-6-15(7-9-16)11-24(4)17(26)12-29-19(27)18-22-20-21-13(2)10-14(3)25(20)23-18/h6-10H,5,11-12H2,1-4H3. The Hall–Kier alpha value is -3.49. The van der Waals surface area contributed by atoms with Gasteiger partial charge in [0, 0.05) is 25.0 Å². The Balaban J connectivity index is 1.56. The predicted molar refractivity (Wildman–Crippen MR) is 105 cm³/mol. The van der Waals surface area contributed by atoms with Crippen LogP contribution in [-0.2, 0) is 16.1 Å². The van der Waals surface area contributed by atoms with E-state index in [9.17, 15) is 9.59 Å². The quantitative estimate of drug-likeness (QED) is 0.562. The van der Waals surface area contributed by atoms with Crippen LogP contribution in [0.2, 0.25) is 0 Å². The average molecular weight is 397 g/mol. The fourth-order valence-electron chi connectivity index (χ4n) is 2.77. The van der Waals surface area contributed by atoms with E-state index in [1.807, 2.05) is 51.1 Å². The van der Waals surface area contributed by atoms with Crippen molar-refractivity contribution >= 4 is 17.7 Å². The number of hydrogen-bond donors (Lipinski definition) is 0. The first-order valence-electron chi connectivity index (χ1n) is 9.21. The topological polar surface area (TPSA) is 98.9 Å². The minimum absolute atomic E-state index is 0.131. The molecule has 0 aliphatic heterocycles. The van der Waals surface area contributed by atoms with Gasteiger partial charge in [-0.3, -0.25) is 4.79 Å². The Bertz CT molecular complexity index is 1030. The lowest BCUT2D eigenvalue weighted by atomic mass is 10.2. The summed E-state index contributed by atoms with van der Waals surface area (Å²) in [5.41, 5.74) is 2.51. The maximum Gasteiger partial charge on any atom is 0.378 e. The molecule has 3 aromatic rings. The zero-order valence-electron chi connectivity index (χ0n) is 16.9. The minimum atomic E-state index is -0.768. The highest BCUT2D eigenvalue weighted by atomic mass is 16.5. The summed E-state index contributed by atoms with van der Waals surface area (Å²) < 4.78 is 11.9. The van der Waals surface area contributed by atoms with Crippen LogP contribution < -0.4 is 4.74 Å². The number of rotatable bonds is 7. The third-order valence-corrected chi connectivity index (χ3v) is 4.21. The van der Waals surface area contributed by atoms with Crippen LogP contribution in [0.15, 0.2) is 30.3 Å². The van der Waals surface area contributed by atoms with Crippen molar-refractivity contribution in [3.8, 4) is 5.75 Å². The lowest BCUT2D eigenvalue weighted by Gasteiger charge is -2.17. The maximum atomic E-state index is 12.3. The van der Waals surface area contributed by atoms with Crippen molar-refractivity contribution in [2.75, 3.05) is 20.3 Å². The molecular weight excluding hydrogens is 374 g/mol. The number of amides is 1. The second-order valence-electron chi connectivity index (χ2n) is 6.59. The summed E-state index contributed by atoms with van der Waals surface area (Å²) in [6.07, 6.45) is 0. The Labute approximate surface area is 168 Å². The van der Waals surface area contributed by atoms with Gasteiger partial charge in [0.05, 0.1) is 6.61 Å². The van der Waals surface area contributed by atoms with E-state index in [1.165, 1.54) is 9.42 Å². The van der Waals surface area contributed by atoms with Crippen molar-refractivity contribution < 1.29 is 19.1 Å². The molecule has 0 saturated carbocycles. The monoisotopic (exact) mass is 397 g/mol. The molecule has 152 valence electrons. The summed E-state index contributed by atoms with van der Waals surface area (Å²) in [6, 6.07) is 9.31. The third-order valence-electron chi connectivity index (χ3n) is 4.21. The number of fused-ring (bicyclic) bond motifs is 1. The van der Waals surface area contributed by atoms with Gasteiger partial charge in [-0.25, -0.2) is 14.3 Å². The zero-order chi connectivity index (χ0) is 21.0. The molecule has 3 rings (SSSR count). The summed E-state index contributed by atoms with van der Waals surface area (Å²) in [4.78, 5) is 34.3. The van der Waals surface area contributed by atoms with Gasteiger partial charge in [0.1, 0.15) is 5.75 Å². The Morgan fingerprint density at radius 3 is 2.55 bits per heavy atom. The molecule has 0 N–H and O–H groups in total. The molecular formula is C20H23N5O4. The van der Waals surface area contributed by atoms with Crippen LogP contribution in [0.4, 0.5) is 0 Å². The molecule has 1 aromatic carbocycles. The highest BCUT2D eigenvalue weighted by Gasteiger charge is 2.19. The first-order chi connectivity index (χ1) is 13.9. The van der Waals surface area contributed by atoms with E-state index in [2.05, 4.69) is 15.1 Å². The molecule has 0 aliphatic rings. The number of aromatic nitrogens is 4. The Morgan fingerprint density at radius 1 is 1.14 bits per heavy atom. The van der Waals surface area contributed by atoms with Crippen molar-refractivity contribution in [3.63, 3.8) is 0 Å². The second-order valence-corrected chi connectivity index (χ2v) is 6.59. The number of hydrogen-bond acceptors (Lipinski definition) is 7. The molecule has 0 saturated heterocycles. The molecule has 9 nitrogen and oxygen atoms in total. The number of nitrogens with zero attached hydrogens (tertiary/aromatic N) is 5. The molecule has 2 aromatic heterocycles. The van der Waals surface area contributed by atoms with Gasteiger partial charge in [0.25, 0.3) is 17.5 Å². The minimum Gasteiger partial charge on any atom is -0.494 e. The van der Waals surface area contributed by atoms with Crippen LogP contribution in [0.1, 0.15) is 34.5 Å². The summed E-state index contributed by atoms with van der Waals surface area (Å²) in [5, 5.41) is 4.10. The lowest BCUT2D eigenvalue weighted by molar-refractivity contribution is -0.133. The molecule has 0 bridgehead atoms. The molecule has 0 spiro atoms. The molecule has 0 atom stereocenters. The lowest BCUT2D eigenvalue weighted by Crippen LogP contribution is -2.31. The maximum absolute atomic E-state index is 12.3. The van der Waals surface area contributed by atoms with Gasteiger partial charge >= 0.3 is 5.97 Å². The number of esters is 1. The second kappa shape index (κ2) is 8.68. The van der Waals surface area contributed by atoms with Crippen molar-refractivity contribution in [2.45, 2.75) is 27.3 Å². The third kappa shape index (κ3) is 4.87. The molecule has 2 heterocycles. The fraction of sp³-hybridized carbons (Fsp3) is 0.350. The van der Waals surface area contributed by atoms with Crippen LogP contribution in [0.25, 0.3) is 5.78 Å². The summed E-state index contributed by atoms with van der Waals surface area (Å²) in [7, 11) is 1.64. The van der Waals surface area contributed by atoms with Crippen LogP contribution in [0.5, 0.6) is 5.75 Å². The van der Waals surface area contributed by atoms with Crippen LogP contribution in [0, 0.1) is 13.8 Å². The van der Waals surface area contributed by atoms with Crippen LogP contribution >= 0.6 is 0 Å². The largest absolute Gasteiger partial charge is 0.494 e. The van der Waals surface area contributed by atoms with Gasteiger partial charge in [-0.2, -0.15) is 4.98 Å². The van der Waals surface area contributed by atoms with E-state index in [-0.39, 0.29) is 11.7 Å². The predicted octanol–water partition coefficient (Wildman–Crippen LogP) is 1.96. The number of benzene rings is 1. The number of ether oxygens (including phenoxy) is 2. The van der Waals surface area contributed by atoms with E-state index in [0.29, 0.717) is 18.9 Å². The zero-order valence-corrected chi connectivity index (χ0v) is 16.9. The molecule has 0 fully saturated rings. The van der Waals surface area contributed by atoms with Crippen LogP contribution in [-0.4, -0.2) is 56.6 Å². The number of carbonyl (C=O) groups excluding carboxylic acids is 2. The first kappa shape index (κ1) is 20.2. The SMILES string of the molecule is CCOc1ccc(CN(C)C(=O)COC(=O)c2nc3nc(C)cc(C)n3n2)cc1. The average Bonchev–Trinajstić information content (AvgIpc) is 3.12. The molecule has 0 radical (unpaired) electrons. The number of aryl methyl sites for hydroxylation is 2. The highest BCUT2D eigenvalue weighted by molar-refractivity contribution is 5.88. The summed E-state index contributed by atoms with van der Waals surface area (Å²) in [6.45, 7) is 6.18. The van der Waals surface area contributed by atoms with Gasteiger partial charge in [-0.15, -0.1) is 5.10 Å². The van der Waals surface area contributed by atoms with Crippen molar-refractivity contribution in [1.29, 1.82) is 0 Å². The molecule has 9 heteroatoms. The first-order valence-corrected chi connectivity index (χ1v) is 9.21. The normalized spacial score (nSPS) is 10.8. The van der Waals surface area contributed by atoms with Crippen molar-refractivity contribution in [3.05, 3.63) is 53.1 Å². The van der Waals surface area contributed by atoms with E-state index >= 15 is 0 Å². The van der Waals surface area contributed by atoms with E-state index < -0.39 is 12.6 Å². The van der Waals surface area contributed by atoms with E-state index in [4.69, 9.17) is 9.47 Å². The smallest absolute Gasteiger partial charge is 0.378 e. The van der Waals surface area contributed by atoms with Crippen molar-refractivity contribution in [2.24, 2.45) is 0 Å². The highest BCUT2D eigenvalue weighted by Crippen LogP contribution is 2.13. The summed E-state index contributed by atoms with van der Waals surface area (Å²) >= 11 is 0. The molecule has 1 amide bonds.